The van der Waals surface area contributed by atoms with E-state index >= 15 is 0 Å². The van der Waals surface area contributed by atoms with Crippen molar-refractivity contribution < 1.29 is 0 Å². The normalized spacial score (nSPS) is 24.3. The zero-order valence-electron chi connectivity index (χ0n) is 14.1. The summed E-state index contributed by atoms with van der Waals surface area (Å²) in [6, 6.07) is 16.6. The van der Waals surface area contributed by atoms with E-state index in [0.717, 1.165) is 31.3 Å². The molecule has 2 aliphatic carbocycles. The number of nitrogens with zero attached hydrogens (tertiary/aromatic N) is 3. The highest BCUT2D eigenvalue weighted by Gasteiger charge is 2.52. The molecule has 0 bridgehead atoms. The molecule has 2 N–H and O–H groups in total. The summed E-state index contributed by atoms with van der Waals surface area (Å²) in [7, 11) is 0. The fourth-order valence-corrected chi connectivity index (χ4v) is 4.28. The lowest BCUT2D eigenvalue weighted by atomic mass is 9.57. The molecule has 4 heteroatoms. The molecule has 0 aromatic heterocycles. The van der Waals surface area contributed by atoms with Gasteiger partial charge in [0, 0.05) is 5.92 Å². The van der Waals surface area contributed by atoms with E-state index in [9.17, 15) is 15.8 Å². The van der Waals surface area contributed by atoms with Crippen molar-refractivity contribution in [3.63, 3.8) is 0 Å². The molecule has 25 heavy (non-hydrogen) atoms. The Morgan fingerprint density at radius 1 is 1.12 bits per heavy atom. The molecule has 0 spiro atoms. The minimum atomic E-state index is -1.42. The topological polar surface area (TPSA) is 97.4 Å². The molecular formula is C21H20N4. The molecule has 0 saturated heterocycles. The summed E-state index contributed by atoms with van der Waals surface area (Å²) in [6.07, 6.45) is 6.40. The average Bonchev–Trinajstić information content (AvgIpc) is 2.67. The summed E-state index contributed by atoms with van der Waals surface area (Å²) in [5.41, 5.74) is 7.43. The summed E-state index contributed by atoms with van der Waals surface area (Å²) in [5.74, 6) is -0.134. The SMILES string of the molecule is N#CC1=C(N)C(C#N)(C#N)C(CCc2ccccc2)C2CCCC=C12. The Kier molecular flexibility index (Phi) is 4.60. The molecule has 0 fully saturated rings. The number of aryl methyl sites for hydroxylation is 1. The van der Waals surface area contributed by atoms with E-state index in [1.54, 1.807) is 0 Å². The van der Waals surface area contributed by atoms with Crippen LogP contribution in [-0.4, -0.2) is 0 Å². The van der Waals surface area contributed by atoms with Gasteiger partial charge in [-0.3, -0.25) is 0 Å². The van der Waals surface area contributed by atoms with Crippen molar-refractivity contribution in [1.29, 1.82) is 15.8 Å². The van der Waals surface area contributed by atoms with Crippen LogP contribution in [0.1, 0.15) is 31.2 Å². The summed E-state index contributed by atoms with van der Waals surface area (Å²) in [5, 5.41) is 29.3. The van der Waals surface area contributed by atoms with Crippen LogP contribution in [-0.2, 0) is 6.42 Å². The summed E-state index contributed by atoms with van der Waals surface area (Å²) in [6.45, 7) is 0. The van der Waals surface area contributed by atoms with Gasteiger partial charge >= 0.3 is 0 Å². The van der Waals surface area contributed by atoms with Gasteiger partial charge in [-0.25, -0.2) is 0 Å². The average molecular weight is 328 g/mol. The number of fused-ring (bicyclic) bond motifs is 1. The maximum absolute atomic E-state index is 9.87. The third-order valence-electron chi connectivity index (χ3n) is 5.56. The van der Waals surface area contributed by atoms with Crippen LogP contribution >= 0.6 is 0 Å². The first kappa shape index (κ1) is 16.8. The lowest BCUT2D eigenvalue weighted by Gasteiger charge is -2.43. The molecule has 4 nitrogen and oxygen atoms in total. The first-order chi connectivity index (χ1) is 12.2. The highest BCUT2D eigenvalue weighted by molar-refractivity contribution is 5.56. The second kappa shape index (κ2) is 6.84. The standard InChI is InChI=1S/C21H20N4/c22-12-18-16-8-4-5-9-17(16)19(21(13-23,14-24)20(18)25)11-10-15-6-2-1-3-7-15/h1-3,6-8,17,19H,4-5,9-11,25H2. The Balaban J connectivity index is 2.05. The van der Waals surface area contributed by atoms with E-state index in [4.69, 9.17) is 5.73 Å². The second-order valence-corrected chi connectivity index (χ2v) is 6.76. The highest BCUT2D eigenvalue weighted by Crippen LogP contribution is 2.52. The van der Waals surface area contributed by atoms with Gasteiger partial charge in [-0.05, 0) is 49.2 Å². The lowest BCUT2D eigenvalue weighted by Crippen LogP contribution is -2.44. The number of hydrogen-bond acceptors (Lipinski definition) is 4. The molecule has 0 radical (unpaired) electrons. The van der Waals surface area contributed by atoms with Gasteiger partial charge in [0.15, 0.2) is 5.41 Å². The van der Waals surface area contributed by atoms with Gasteiger partial charge in [-0.1, -0.05) is 36.4 Å². The minimum Gasteiger partial charge on any atom is -0.399 e. The van der Waals surface area contributed by atoms with Gasteiger partial charge in [0.25, 0.3) is 0 Å². The Labute approximate surface area is 148 Å². The number of benzene rings is 1. The number of allylic oxidation sites excluding steroid dienone is 4. The maximum atomic E-state index is 9.87. The number of hydrogen-bond donors (Lipinski definition) is 1. The molecule has 3 rings (SSSR count). The lowest BCUT2D eigenvalue weighted by molar-refractivity contribution is 0.220. The quantitative estimate of drug-likeness (QED) is 0.913. The van der Waals surface area contributed by atoms with Crippen LogP contribution in [0.25, 0.3) is 0 Å². The summed E-state index contributed by atoms with van der Waals surface area (Å²) >= 11 is 0. The van der Waals surface area contributed by atoms with E-state index in [1.165, 1.54) is 5.56 Å². The molecule has 124 valence electrons. The first-order valence-corrected chi connectivity index (χ1v) is 8.65. The van der Waals surface area contributed by atoms with Gasteiger partial charge in [-0.2, -0.15) is 15.8 Å². The van der Waals surface area contributed by atoms with Crippen LogP contribution in [0.2, 0.25) is 0 Å². The van der Waals surface area contributed by atoms with Crippen molar-refractivity contribution in [2.75, 3.05) is 0 Å². The van der Waals surface area contributed by atoms with E-state index in [2.05, 4.69) is 36.4 Å². The van der Waals surface area contributed by atoms with E-state index in [-0.39, 0.29) is 17.5 Å². The van der Waals surface area contributed by atoms with Gasteiger partial charge in [-0.15, -0.1) is 0 Å². The maximum Gasteiger partial charge on any atom is 0.187 e. The van der Waals surface area contributed by atoms with Crippen LogP contribution in [0, 0.1) is 51.2 Å². The van der Waals surface area contributed by atoms with Gasteiger partial charge in [0.05, 0.1) is 23.4 Å². The van der Waals surface area contributed by atoms with E-state index in [1.807, 2.05) is 18.2 Å². The fourth-order valence-electron chi connectivity index (χ4n) is 4.28. The van der Waals surface area contributed by atoms with Gasteiger partial charge < -0.3 is 5.73 Å². The smallest absolute Gasteiger partial charge is 0.187 e. The van der Waals surface area contributed by atoms with Gasteiger partial charge in [0.2, 0.25) is 0 Å². The Hall–Kier alpha value is -3.03. The predicted molar refractivity (Wildman–Crippen MR) is 94.2 cm³/mol. The Bertz CT molecular complexity index is 829. The van der Waals surface area contributed by atoms with Crippen LogP contribution in [0.4, 0.5) is 0 Å². The number of rotatable bonds is 3. The Morgan fingerprint density at radius 2 is 1.84 bits per heavy atom. The highest BCUT2D eigenvalue weighted by atomic mass is 14.7. The Morgan fingerprint density at radius 3 is 2.48 bits per heavy atom. The van der Waals surface area contributed by atoms with Crippen molar-refractivity contribution >= 4 is 0 Å². The third kappa shape index (κ3) is 2.69. The molecule has 2 unspecified atom stereocenters. The first-order valence-electron chi connectivity index (χ1n) is 8.65. The summed E-state index contributed by atoms with van der Waals surface area (Å²) in [4.78, 5) is 0. The van der Waals surface area contributed by atoms with Crippen molar-refractivity contribution in [3.05, 3.63) is 58.8 Å². The molecule has 1 aromatic rings. The van der Waals surface area contributed by atoms with Gasteiger partial charge in [0.1, 0.15) is 6.07 Å². The van der Waals surface area contributed by atoms with Crippen molar-refractivity contribution in [2.24, 2.45) is 23.0 Å². The van der Waals surface area contributed by atoms with Crippen LogP contribution in [0.15, 0.2) is 53.3 Å². The molecular weight excluding hydrogens is 308 g/mol. The zero-order valence-corrected chi connectivity index (χ0v) is 14.1. The van der Waals surface area contributed by atoms with Crippen molar-refractivity contribution in [1.82, 2.24) is 0 Å². The van der Waals surface area contributed by atoms with E-state index in [0.29, 0.717) is 12.0 Å². The van der Waals surface area contributed by atoms with Crippen LogP contribution in [0.5, 0.6) is 0 Å². The molecule has 1 aromatic carbocycles. The molecule has 0 heterocycles. The third-order valence-corrected chi connectivity index (χ3v) is 5.56. The van der Waals surface area contributed by atoms with E-state index < -0.39 is 5.41 Å². The number of nitrogens with two attached hydrogens (primary N) is 1. The minimum absolute atomic E-state index is 0.0544. The molecule has 2 atom stereocenters. The number of nitriles is 3. The largest absolute Gasteiger partial charge is 0.399 e. The molecule has 2 aliphatic rings. The zero-order chi connectivity index (χ0) is 17.9. The monoisotopic (exact) mass is 328 g/mol. The van der Waals surface area contributed by atoms with Crippen LogP contribution in [0.3, 0.4) is 0 Å². The summed E-state index contributed by atoms with van der Waals surface area (Å²) < 4.78 is 0. The molecule has 0 saturated carbocycles. The molecule has 0 aliphatic heterocycles. The molecule has 0 amide bonds. The van der Waals surface area contributed by atoms with Crippen molar-refractivity contribution in [2.45, 2.75) is 32.1 Å². The van der Waals surface area contributed by atoms with Crippen LogP contribution < -0.4 is 5.73 Å². The predicted octanol–water partition coefficient (Wildman–Crippen LogP) is 3.75. The fraction of sp³-hybridized carbons (Fsp3) is 0.381. The van der Waals surface area contributed by atoms with Crippen molar-refractivity contribution in [3.8, 4) is 18.2 Å². The second-order valence-electron chi connectivity index (χ2n) is 6.76.